The van der Waals surface area contributed by atoms with E-state index < -0.39 is 11.5 Å². The Hall–Kier alpha value is -3.00. The van der Waals surface area contributed by atoms with Gasteiger partial charge in [-0.25, -0.2) is 4.98 Å². The molecule has 0 unspecified atom stereocenters. The van der Waals surface area contributed by atoms with Gasteiger partial charge in [0.05, 0.1) is 0 Å². The van der Waals surface area contributed by atoms with Crippen molar-refractivity contribution in [2.24, 2.45) is 5.41 Å². The number of fused-ring (bicyclic) bond motifs is 1. The van der Waals surface area contributed by atoms with E-state index in [4.69, 9.17) is 0 Å². The molecule has 1 aliphatic heterocycles. The molecule has 0 radical (unpaired) electrons. The van der Waals surface area contributed by atoms with Gasteiger partial charge in [-0.05, 0) is 46.0 Å². The molecule has 0 aliphatic carbocycles. The van der Waals surface area contributed by atoms with Crippen molar-refractivity contribution in [2.75, 3.05) is 13.1 Å². The molecule has 3 aromatic rings. The van der Waals surface area contributed by atoms with Crippen LogP contribution in [0.5, 0.6) is 0 Å². The molecule has 1 aromatic carbocycles. The monoisotopic (exact) mass is 496 g/mol. The molecule has 1 N–H and O–H groups in total. The maximum atomic E-state index is 13.2. The number of carbonyl (C=O) groups excluding carboxylic acids is 2. The molecular formula is C24H25BrN4O3. The maximum Gasteiger partial charge on any atom is 0.265 e. The van der Waals surface area contributed by atoms with Crippen LogP contribution in [-0.2, 0) is 17.9 Å². The van der Waals surface area contributed by atoms with Crippen LogP contribution in [0.3, 0.4) is 0 Å². The van der Waals surface area contributed by atoms with Gasteiger partial charge in [0.2, 0.25) is 5.91 Å². The van der Waals surface area contributed by atoms with E-state index >= 15 is 0 Å². The van der Waals surface area contributed by atoms with Gasteiger partial charge in [0.1, 0.15) is 17.8 Å². The van der Waals surface area contributed by atoms with Gasteiger partial charge in [-0.15, -0.1) is 0 Å². The van der Waals surface area contributed by atoms with Crippen LogP contribution in [-0.4, -0.2) is 39.4 Å². The van der Waals surface area contributed by atoms with Crippen LogP contribution in [0, 0.1) is 12.3 Å². The van der Waals surface area contributed by atoms with Crippen LogP contribution in [0.1, 0.15) is 35.3 Å². The first-order valence-corrected chi connectivity index (χ1v) is 11.2. The number of hydrogen-bond acceptors (Lipinski definition) is 4. The molecule has 2 amide bonds. The topological polar surface area (TPSA) is 84.3 Å². The van der Waals surface area contributed by atoms with Gasteiger partial charge in [0, 0.05) is 35.7 Å². The third kappa shape index (κ3) is 4.60. The molecule has 0 bridgehead atoms. The van der Waals surface area contributed by atoms with Crippen molar-refractivity contribution in [1.29, 1.82) is 0 Å². The van der Waals surface area contributed by atoms with E-state index in [1.807, 2.05) is 31.2 Å². The van der Waals surface area contributed by atoms with Crippen molar-refractivity contribution >= 4 is 38.8 Å². The second-order valence-corrected chi connectivity index (χ2v) is 10.0. The Morgan fingerprint density at radius 1 is 1.16 bits per heavy atom. The van der Waals surface area contributed by atoms with Crippen molar-refractivity contribution in [1.82, 2.24) is 19.8 Å². The first kappa shape index (κ1) is 22.2. The number of aromatic nitrogens is 2. The molecule has 1 fully saturated rings. The zero-order valence-corrected chi connectivity index (χ0v) is 19.9. The van der Waals surface area contributed by atoms with E-state index in [0.29, 0.717) is 30.7 Å². The van der Waals surface area contributed by atoms with Crippen LogP contribution in [0.15, 0.2) is 51.9 Å². The highest BCUT2D eigenvalue weighted by Crippen LogP contribution is 2.29. The third-order valence-corrected chi connectivity index (χ3v) is 6.03. The van der Waals surface area contributed by atoms with Gasteiger partial charge < -0.3 is 10.2 Å². The van der Waals surface area contributed by atoms with Crippen LogP contribution in [0.25, 0.3) is 11.0 Å². The van der Waals surface area contributed by atoms with E-state index in [1.165, 1.54) is 10.6 Å². The zero-order chi connectivity index (χ0) is 23.0. The number of pyridine rings is 2. The smallest absolute Gasteiger partial charge is 0.265 e. The minimum absolute atomic E-state index is 0.0127. The number of benzene rings is 1. The molecule has 1 aliphatic rings. The van der Waals surface area contributed by atoms with E-state index in [1.54, 1.807) is 17.2 Å². The Kier molecular flexibility index (Phi) is 5.90. The predicted molar refractivity (Wildman–Crippen MR) is 126 cm³/mol. The molecule has 4 rings (SSSR count). The molecule has 0 atom stereocenters. The first-order chi connectivity index (χ1) is 15.1. The van der Waals surface area contributed by atoms with Gasteiger partial charge in [-0.1, -0.05) is 43.7 Å². The molecular weight excluding hydrogens is 472 g/mol. The average Bonchev–Trinajstić information content (AvgIpc) is 2.73. The van der Waals surface area contributed by atoms with E-state index in [2.05, 4.69) is 40.1 Å². The minimum atomic E-state index is -0.526. The fourth-order valence-electron chi connectivity index (χ4n) is 3.93. The second-order valence-electron chi connectivity index (χ2n) is 9.10. The summed E-state index contributed by atoms with van der Waals surface area (Å²) in [6.45, 7) is 7.62. The number of likely N-dealkylation sites (tertiary alicyclic amines) is 1. The molecule has 3 heterocycles. The second kappa shape index (κ2) is 8.50. The number of carbonyl (C=O) groups is 2. The Morgan fingerprint density at radius 2 is 1.84 bits per heavy atom. The number of aryl methyl sites for hydroxylation is 1. The normalized spacial score (nSPS) is 14.8. The zero-order valence-electron chi connectivity index (χ0n) is 18.3. The number of nitrogens with one attached hydrogen (secondary N) is 1. The highest BCUT2D eigenvalue weighted by molar-refractivity contribution is 9.10. The fourth-order valence-corrected chi connectivity index (χ4v) is 4.28. The van der Waals surface area contributed by atoms with Gasteiger partial charge in [0.15, 0.2) is 0 Å². The van der Waals surface area contributed by atoms with Crippen LogP contribution < -0.4 is 10.9 Å². The summed E-state index contributed by atoms with van der Waals surface area (Å²) in [4.78, 5) is 45.0. The summed E-state index contributed by atoms with van der Waals surface area (Å²) in [6, 6.07) is 11.1. The van der Waals surface area contributed by atoms with Crippen LogP contribution in [0.4, 0.5) is 0 Å². The van der Waals surface area contributed by atoms with Gasteiger partial charge >= 0.3 is 0 Å². The molecule has 2 aromatic heterocycles. The summed E-state index contributed by atoms with van der Waals surface area (Å²) >= 11 is 3.39. The largest absolute Gasteiger partial charge is 0.348 e. The highest BCUT2D eigenvalue weighted by atomic mass is 79.9. The Balaban J connectivity index is 1.64. The van der Waals surface area contributed by atoms with Crippen molar-refractivity contribution in [3.63, 3.8) is 0 Å². The van der Waals surface area contributed by atoms with Crippen LogP contribution in [0.2, 0.25) is 0 Å². The number of halogens is 1. The van der Waals surface area contributed by atoms with Gasteiger partial charge in [-0.3, -0.25) is 19.0 Å². The molecule has 8 heteroatoms. The summed E-state index contributed by atoms with van der Waals surface area (Å²) in [5, 5.41) is 3.42. The minimum Gasteiger partial charge on any atom is -0.348 e. The van der Waals surface area contributed by atoms with E-state index in [0.717, 1.165) is 15.6 Å². The summed E-state index contributed by atoms with van der Waals surface area (Å²) in [6.07, 6.45) is 1.58. The van der Waals surface area contributed by atoms with Crippen molar-refractivity contribution < 1.29 is 9.59 Å². The summed E-state index contributed by atoms with van der Waals surface area (Å²) in [5.41, 5.74) is 1.99. The lowest BCUT2D eigenvalue weighted by atomic mass is 9.84. The number of rotatable bonds is 5. The SMILES string of the molecule is Cc1ccc(CNC(=O)c2cc3cc(Br)cnc3n(CC(=O)N3CC(C)(C)C3)c2=O)cc1. The van der Waals surface area contributed by atoms with Gasteiger partial charge in [0.25, 0.3) is 11.5 Å². The standard InChI is InChI=1S/C24H25BrN4O3/c1-15-4-6-16(7-5-15)10-27-22(31)19-9-17-8-18(25)11-26-21(17)29(23(19)32)12-20(30)28-13-24(2,3)14-28/h4-9,11H,10,12-14H2,1-3H3,(H,27,31). The summed E-state index contributed by atoms with van der Waals surface area (Å²) in [5.74, 6) is -0.640. The molecule has 0 saturated carbocycles. The maximum absolute atomic E-state index is 13.2. The Bertz CT molecular complexity index is 1260. The average molecular weight is 497 g/mol. The molecule has 32 heavy (non-hydrogen) atoms. The van der Waals surface area contributed by atoms with Crippen LogP contribution >= 0.6 is 15.9 Å². The highest BCUT2D eigenvalue weighted by Gasteiger charge is 2.37. The molecule has 166 valence electrons. The Labute approximate surface area is 194 Å². The fraction of sp³-hybridized carbons (Fsp3) is 0.333. The Morgan fingerprint density at radius 3 is 2.50 bits per heavy atom. The lowest BCUT2D eigenvalue weighted by molar-refractivity contribution is -0.142. The quantitative estimate of drug-likeness (QED) is 0.587. The van der Waals surface area contributed by atoms with Crippen molar-refractivity contribution in [3.05, 3.63) is 74.1 Å². The number of nitrogens with zero attached hydrogens (tertiary/aromatic N) is 3. The lowest BCUT2D eigenvalue weighted by Crippen LogP contribution is -2.56. The summed E-state index contributed by atoms with van der Waals surface area (Å²) in [7, 11) is 0. The van der Waals surface area contributed by atoms with E-state index in [-0.39, 0.29) is 23.4 Å². The summed E-state index contributed by atoms with van der Waals surface area (Å²) < 4.78 is 2.02. The number of hydrogen-bond donors (Lipinski definition) is 1. The molecule has 7 nitrogen and oxygen atoms in total. The van der Waals surface area contributed by atoms with E-state index in [9.17, 15) is 14.4 Å². The number of amides is 2. The first-order valence-electron chi connectivity index (χ1n) is 10.4. The van der Waals surface area contributed by atoms with Gasteiger partial charge in [-0.2, -0.15) is 0 Å². The van der Waals surface area contributed by atoms with Crippen molar-refractivity contribution in [2.45, 2.75) is 33.9 Å². The van der Waals surface area contributed by atoms with Crippen molar-refractivity contribution in [3.8, 4) is 0 Å². The third-order valence-electron chi connectivity index (χ3n) is 5.59. The molecule has 0 spiro atoms. The lowest BCUT2D eigenvalue weighted by Gasteiger charge is -2.45. The molecule has 1 saturated heterocycles. The predicted octanol–water partition coefficient (Wildman–Crippen LogP) is 3.27.